The number of hydrogen-bond donors (Lipinski definition) is 0. The smallest absolute Gasteiger partial charge is 0.0811 e. The molecule has 1 heterocycles. The molecular formula is C5H8B. The van der Waals surface area contributed by atoms with Gasteiger partial charge in [-0.1, -0.05) is 30.9 Å². The van der Waals surface area contributed by atoms with Crippen molar-refractivity contribution in [3.8, 4) is 0 Å². The molecule has 0 nitrogen and oxygen atoms in total. The van der Waals surface area contributed by atoms with Crippen LogP contribution in [0.4, 0.5) is 0 Å². The van der Waals surface area contributed by atoms with Gasteiger partial charge < -0.3 is 0 Å². The summed E-state index contributed by atoms with van der Waals surface area (Å²) in [6.07, 6.45) is 5.95. The van der Waals surface area contributed by atoms with Gasteiger partial charge in [-0.3, -0.25) is 0 Å². The van der Waals surface area contributed by atoms with E-state index in [1.807, 2.05) is 0 Å². The van der Waals surface area contributed by atoms with Gasteiger partial charge in [-0.2, -0.15) is 0 Å². The van der Waals surface area contributed by atoms with Crippen LogP contribution in [-0.4, -0.2) is 7.28 Å². The molecule has 1 heteroatoms. The maximum absolute atomic E-state index is 2.45. The van der Waals surface area contributed by atoms with E-state index in [0.29, 0.717) is 0 Å². The Balaban J connectivity index is 2.09. The molecule has 1 radical (unpaired) electrons. The second-order valence-corrected chi connectivity index (χ2v) is 2.62. The highest BCUT2D eigenvalue weighted by Gasteiger charge is 2.47. The molecule has 0 bridgehead atoms. The second-order valence-electron chi connectivity index (χ2n) is 2.62. The maximum atomic E-state index is 2.45. The molecule has 1 aliphatic carbocycles. The SMILES string of the molecule is [B]1CC12CCC2. The van der Waals surface area contributed by atoms with E-state index < -0.39 is 0 Å². The van der Waals surface area contributed by atoms with Crippen molar-refractivity contribution in [3.63, 3.8) is 0 Å². The predicted molar refractivity (Wildman–Crippen MR) is 27.1 cm³/mol. The molecule has 0 aromatic rings. The topological polar surface area (TPSA) is 0 Å². The molecule has 2 aliphatic rings. The third-order valence-electron chi connectivity index (χ3n) is 2.13. The molecule has 2 rings (SSSR count). The van der Waals surface area contributed by atoms with E-state index in [0.717, 1.165) is 5.31 Å². The molecule has 0 N–H and O–H groups in total. The Morgan fingerprint density at radius 1 is 1.33 bits per heavy atom. The van der Waals surface area contributed by atoms with Gasteiger partial charge in [-0.25, -0.2) is 0 Å². The lowest BCUT2D eigenvalue weighted by molar-refractivity contribution is 0.418. The van der Waals surface area contributed by atoms with Crippen LogP contribution in [-0.2, 0) is 0 Å². The summed E-state index contributed by atoms with van der Waals surface area (Å²) in [5, 5.41) is 0.847. The summed E-state index contributed by atoms with van der Waals surface area (Å²) in [6, 6.07) is 0. The lowest BCUT2D eigenvalue weighted by atomic mass is 9.71. The summed E-state index contributed by atoms with van der Waals surface area (Å²) in [5.41, 5.74) is 0. The second kappa shape index (κ2) is 0.684. The average Bonchev–Trinajstić information content (AvgIpc) is 2.02. The standard InChI is InChI=1S/C5H8B/c1-2-5(3-1)4-6-5/h1-4H2. The summed E-state index contributed by atoms with van der Waals surface area (Å²) < 4.78 is 0. The zero-order valence-corrected chi connectivity index (χ0v) is 3.91. The summed E-state index contributed by atoms with van der Waals surface area (Å²) in [6.45, 7) is 0. The van der Waals surface area contributed by atoms with Gasteiger partial charge in [0.2, 0.25) is 0 Å². The molecule has 0 unspecified atom stereocenters. The summed E-state index contributed by atoms with van der Waals surface area (Å²) in [7, 11) is 2.45. The Morgan fingerprint density at radius 3 is 2.00 bits per heavy atom. The minimum Gasteiger partial charge on any atom is -0.0811 e. The van der Waals surface area contributed by atoms with Crippen LogP contribution < -0.4 is 0 Å². The van der Waals surface area contributed by atoms with E-state index in [1.54, 1.807) is 0 Å². The van der Waals surface area contributed by atoms with Crippen molar-refractivity contribution in [2.45, 2.75) is 30.9 Å². The Morgan fingerprint density at radius 2 is 2.00 bits per heavy atom. The molecular weight excluding hydrogens is 70.9 g/mol. The number of hydrogen-bond acceptors (Lipinski definition) is 0. The van der Waals surface area contributed by atoms with Gasteiger partial charge in [0.15, 0.2) is 0 Å². The highest BCUT2D eigenvalue weighted by Crippen LogP contribution is 2.62. The lowest BCUT2D eigenvalue weighted by Crippen LogP contribution is -2.05. The molecule has 0 atom stereocenters. The summed E-state index contributed by atoms with van der Waals surface area (Å²) >= 11 is 0. The quantitative estimate of drug-likeness (QED) is 0.385. The van der Waals surface area contributed by atoms with Crippen molar-refractivity contribution >= 4 is 7.28 Å². The average molecular weight is 78.9 g/mol. The fourth-order valence-electron chi connectivity index (χ4n) is 1.18. The van der Waals surface area contributed by atoms with Crippen LogP contribution in [0.3, 0.4) is 0 Å². The minimum atomic E-state index is 0.847. The van der Waals surface area contributed by atoms with Crippen molar-refractivity contribution in [1.29, 1.82) is 0 Å². The summed E-state index contributed by atoms with van der Waals surface area (Å²) in [4.78, 5) is 0. The monoisotopic (exact) mass is 79.1 g/mol. The van der Waals surface area contributed by atoms with E-state index in [4.69, 9.17) is 0 Å². The van der Waals surface area contributed by atoms with E-state index >= 15 is 0 Å². The molecule has 1 saturated heterocycles. The molecule has 1 spiro atoms. The van der Waals surface area contributed by atoms with Crippen LogP contribution >= 0.6 is 0 Å². The van der Waals surface area contributed by atoms with Gasteiger partial charge in [-0.15, -0.1) is 0 Å². The first-order chi connectivity index (χ1) is 2.91. The van der Waals surface area contributed by atoms with Crippen LogP contribution in [0, 0.1) is 0 Å². The van der Waals surface area contributed by atoms with Gasteiger partial charge in [0.1, 0.15) is 7.28 Å². The molecule has 1 saturated carbocycles. The van der Waals surface area contributed by atoms with Crippen LogP contribution in [0.25, 0.3) is 0 Å². The van der Waals surface area contributed by atoms with E-state index in [9.17, 15) is 0 Å². The Kier molecular flexibility index (Phi) is 0.355. The Hall–Kier alpha value is 0.0649. The third-order valence-corrected chi connectivity index (χ3v) is 2.13. The van der Waals surface area contributed by atoms with Crippen LogP contribution in [0.15, 0.2) is 0 Å². The van der Waals surface area contributed by atoms with E-state index in [1.165, 1.54) is 25.6 Å². The molecule has 6 heavy (non-hydrogen) atoms. The fraction of sp³-hybridized carbons (Fsp3) is 1.00. The molecule has 31 valence electrons. The highest BCUT2D eigenvalue weighted by atomic mass is 14.4. The minimum absolute atomic E-state index is 0.847. The van der Waals surface area contributed by atoms with E-state index in [-0.39, 0.29) is 0 Å². The zero-order valence-electron chi connectivity index (χ0n) is 3.91. The van der Waals surface area contributed by atoms with Crippen molar-refractivity contribution in [2.75, 3.05) is 0 Å². The molecule has 0 aromatic heterocycles. The first-order valence-corrected chi connectivity index (χ1v) is 2.76. The Labute approximate surface area is 39.2 Å². The zero-order chi connectivity index (χ0) is 4.04. The van der Waals surface area contributed by atoms with Gasteiger partial charge >= 0.3 is 0 Å². The van der Waals surface area contributed by atoms with E-state index in [2.05, 4.69) is 7.28 Å². The normalized spacial score (nSPS) is 34.7. The van der Waals surface area contributed by atoms with Crippen LogP contribution in [0.1, 0.15) is 19.3 Å². The molecule has 1 aliphatic heterocycles. The molecule has 2 fully saturated rings. The predicted octanol–water partition coefficient (Wildman–Crippen LogP) is 1.47. The fourth-order valence-corrected chi connectivity index (χ4v) is 1.18. The van der Waals surface area contributed by atoms with Gasteiger partial charge in [0, 0.05) is 0 Å². The van der Waals surface area contributed by atoms with Crippen LogP contribution in [0.2, 0.25) is 11.6 Å². The van der Waals surface area contributed by atoms with Gasteiger partial charge in [0.05, 0.1) is 0 Å². The van der Waals surface area contributed by atoms with Crippen molar-refractivity contribution in [1.82, 2.24) is 0 Å². The first kappa shape index (κ1) is 3.12. The third kappa shape index (κ3) is 0.224. The van der Waals surface area contributed by atoms with Gasteiger partial charge in [0.25, 0.3) is 0 Å². The summed E-state index contributed by atoms with van der Waals surface area (Å²) in [5.74, 6) is 0. The molecule has 0 aromatic carbocycles. The maximum Gasteiger partial charge on any atom is 0.116 e. The van der Waals surface area contributed by atoms with Gasteiger partial charge in [-0.05, 0) is 0 Å². The highest BCUT2D eigenvalue weighted by molar-refractivity contribution is 6.54. The largest absolute Gasteiger partial charge is 0.116 e. The lowest BCUT2D eigenvalue weighted by Gasteiger charge is -2.24. The van der Waals surface area contributed by atoms with Crippen LogP contribution in [0.5, 0.6) is 0 Å². The molecule has 0 amide bonds. The van der Waals surface area contributed by atoms with Crippen molar-refractivity contribution in [2.24, 2.45) is 0 Å². The van der Waals surface area contributed by atoms with Crippen molar-refractivity contribution < 1.29 is 0 Å². The first-order valence-electron chi connectivity index (χ1n) is 2.76. The Bertz CT molecular complexity index is 68.0. The van der Waals surface area contributed by atoms with Crippen molar-refractivity contribution in [3.05, 3.63) is 0 Å². The number of rotatable bonds is 0.